The van der Waals surface area contributed by atoms with E-state index in [0.717, 1.165) is 28.8 Å². The average Bonchev–Trinajstić information content (AvgIpc) is 2.62. The maximum absolute atomic E-state index is 11.1. The average molecular weight is 322 g/mol. The summed E-state index contributed by atoms with van der Waals surface area (Å²) in [6.45, 7) is 7.04. The second-order valence-electron chi connectivity index (χ2n) is 4.97. The van der Waals surface area contributed by atoms with Crippen molar-refractivity contribution in [3.8, 4) is 16.9 Å². The first-order chi connectivity index (χ1) is 11.6. The molecule has 0 spiro atoms. The number of esters is 2. The Bertz CT molecular complexity index is 727. The molecular formula is C20H18O4. The van der Waals surface area contributed by atoms with Gasteiger partial charge in [0, 0.05) is 18.6 Å². The molecule has 0 aromatic heterocycles. The molecule has 0 aliphatic heterocycles. The van der Waals surface area contributed by atoms with E-state index in [-0.39, 0.29) is 0 Å². The van der Waals surface area contributed by atoms with Crippen molar-refractivity contribution in [2.75, 3.05) is 6.61 Å². The number of hydrogen-bond acceptors (Lipinski definition) is 4. The van der Waals surface area contributed by atoms with E-state index >= 15 is 0 Å². The van der Waals surface area contributed by atoms with Gasteiger partial charge in [-0.1, -0.05) is 49.6 Å². The third kappa shape index (κ3) is 4.95. The van der Waals surface area contributed by atoms with E-state index in [1.165, 1.54) is 0 Å². The first-order valence-electron chi connectivity index (χ1n) is 7.45. The Morgan fingerprint density at radius 2 is 1.38 bits per heavy atom. The lowest BCUT2D eigenvalue weighted by Crippen LogP contribution is -2.04. The van der Waals surface area contributed by atoms with Crippen LogP contribution in [0.15, 0.2) is 73.8 Å². The summed E-state index contributed by atoms with van der Waals surface area (Å²) in [6, 6.07) is 15.2. The smallest absolute Gasteiger partial charge is 0.335 e. The van der Waals surface area contributed by atoms with Crippen LogP contribution in [0.25, 0.3) is 11.1 Å². The van der Waals surface area contributed by atoms with Gasteiger partial charge in [-0.05, 0) is 28.8 Å². The first-order valence-corrected chi connectivity index (χ1v) is 7.45. The van der Waals surface area contributed by atoms with Crippen LogP contribution in [0.4, 0.5) is 0 Å². The van der Waals surface area contributed by atoms with Crippen molar-refractivity contribution in [2.45, 2.75) is 6.42 Å². The van der Waals surface area contributed by atoms with Gasteiger partial charge >= 0.3 is 11.9 Å². The van der Waals surface area contributed by atoms with E-state index in [9.17, 15) is 9.59 Å². The van der Waals surface area contributed by atoms with Crippen LogP contribution in [0, 0.1) is 0 Å². The van der Waals surface area contributed by atoms with Gasteiger partial charge in [-0.25, -0.2) is 9.59 Å². The SMILES string of the molecule is C=CC(=O)OCCc1ccc(-c2ccc(OC(=O)C=C)cc2)cc1. The summed E-state index contributed by atoms with van der Waals surface area (Å²) in [7, 11) is 0. The summed E-state index contributed by atoms with van der Waals surface area (Å²) in [6.07, 6.45) is 2.92. The molecule has 0 radical (unpaired) electrons. The predicted molar refractivity (Wildman–Crippen MR) is 92.6 cm³/mol. The third-order valence-corrected chi connectivity index (χ3v) is 3.33. The summed E-state index contributed by atoms with van der Waals surface area (Å²) < 4.78 is 10.00. The molecule has 0 N–H and O–H groups in total. The van der Waals surface area contributed by atoms with Crippen LogP contribution in [-0.4, -0.2) is 18.5 Å². The number of carbonyl (C=O) groups is 2. The summed E-state index contributed by atoms with van der Waals surface area (Å²) in [5, 5.41) is 0. The Morgan fingerprint density at radius 1 is 0.833 bits per heavy atom. The number of hydrogen-bond donors (Lipinski definition) is 0. The quantitative estimate of drug-likeness (QED) is 0.443. The molecule has 0 aliphatic rings. The standard InChI is InChI=1S/C20H18O4/c1-3-19(21)23-14-13-15-5-7-16(8-6-15)17-9-11-18(12-10-17)24-20(22)4-2/h3-12H,1-2,13-14H2. The minimum atomic E-state index is -0.482. The van der Waals surface area contributed by atoms with Crippen molar-refractivity contribution in [1.29, 1.82) is 0 Å². The largest absolute Gasteiger partial charge is 0.462 e. The molecule has 0 atom stereocenters. The molecular weight excluding hydrogens is 304 g/mol. The van der Waals surface area contributed by atoms with Crippen molar-refractivity contribution in [1.82, 2.24) is 0 Å². The highest BCUT2D eigenvalue weighted by molar-refractivity contribution is 5.83. The zero-order chi connectivity index (χ0) is 17.4. The first kappa shape index (κ1) is 17.2. The van der Waals surface area contributed by atoms with Gasteiger partial charge < -0.3 is 9.47 Å². The highest BCUT2D eigenvalue weighted by Gasteiger charge is 2.03. The maximum Gasteiger partial charge on any atom is 0.335 e. The van der Waals surface area contributed by atoms with Gasteiger partial charge in [0.1, 0.15) is 5.75 Å². The van der Waals surface area contributed by atoms with Crippen LogP contribution in [-0.2, 0) is 20.7 Å². The van der Waals surface area contributed by atoms with E-state index in [2.05, 4.69) is 13.2 Å². The molecule has 2 rings (SSSR count). The molecule has 4 heteroatoms. The molecule has 24 heavy (non-hydrogen) atoms. The number of ether oxygens (including phenoxy) is 2. The minimum Gasteiger partial charge on any atom is -0.462 e. The van der Waals surface area contributed by atoms with Gasteiger partial charge in [-0.15, -0.1) is 0 Å². The van der Waals surface area contributed by atoms with Crippen LogP contribution in [0.2, 0.25) is 0 Å². The Kier molecular flexibility index (Phi) is 6.08. The van der Waals surface area contributed by atoms with Gasteiger partial charge in [0.25, 0.3) is 0 Å². The number of carbonyl (C=O) groups excluding carboxylic acids is 2. The van der Waals surface area contributed by atoms with Crippen molar-refractivity contribution in [3.63, 3.8) is 0 Å². The molecule has 122 valence electrons. The fraction of sp³-hybridized carbons (Fsp3) is 0.100. The van der Waals surface area contributed by atoms with Crippen molar-refractivity contribution < 1.29 is 19.1 Å². The van der Waals surface area contributed by atoms with Crippen LogP contribution >= 0.6 is 0 Å². The van der Waals surface area contributed by atoms with E-state index in [4.69, 9.17) is 9.47 Å². The van der Waals surface area contributed by atoms with Gasteiger partial charge in [0.2, 0.25) is 0 Å². The second kappa shape index (κ2) is 8.48. The lowest BCUT2D eigenvalue weighted by Gasteiger charge is -2.06. The third-order valence-electron chi connectivity index (χ3n) is 3.33. The molecule has 0 aliphatic carbocycles. The zero-order valence-electron chi connectivity index (χ0n) is 13.2. The molecule has 0 saturated carbocycles. The van der Waals surface area contributed by atoms with E-state index in [1.807, 2.05) is 36.4 Å². The Balaban J connectivity index is 1.97. The maximum atomic E-state index is 11.1. The Morgan fingerprint density at radius 3 is 1.92 bits per heavy atom. The minimum absolute atomic E-state index is 0.327. The van der Waals surface area contributed by atoms with Gasteiger partial charge in [-0.2, -0.15) is 0 Å². The van der Waals surface area contributed by atoms with E-state index in [0.29, 0.717) is 18.8 Å². The molecule has 0 unspecified atom stereocenters. The van der Waals surface area contributed by atoms with Crippen molar-refractivity contribution >= 4 is 11.9 Å². The predicted octanol–water partition coefficient (Wildman–Crippen LogP) is 3.72. The fourth-order valence-corrected chi connectivity index (χ4v) is 2.07. The monoisotopic (exact) mass is 322 g/mol. The molecule has 2 aromatic carbocycles. The lowest BCUT2D eigenvalue weighted by atomic mass is 10.0. The van der Waals surface area contributed by atoms with E-state index in [1.54, 1.807) is 12.1 Å². The van der Waals surface area contributed by atoms with Crippen molar-refractivity contribution in [2.24, 2.45) is 0 Å². The highest BCUT2D eigenvalue weighted by atomic mass is 16.5. The van der Waals surface area contributed by atoms with Gasteiger partial charge in [-0.3, -0.25) is 0 Å². The Hall–Kier alpha value is -3.14. The molecule has 0 fully saturated rings. The normalized spacial score (nSPS) is 9.83. The van der Waals surface area contributed by atoms with Gasteiger partial charge in [0.15, 0.2) is 0 Å². The second-order valence-corrected chi connectivity index (χ2v) is 4.97. The molecule has 0 bridgehead atoms. The summed E-state index contributed by atoms with van der Waals surface area (Å²) in [5.74, 6) is -0.419. The summed E-state index contributed by atoms with van der Waals surface area (Å²) in [4.78, 5) is 22.1. The lowest BCUT2D eigenvalue weighted by molar-refractivity contribution is -0.137. The summed E-state index contributed by atoms with van der Waals surface area (Å²) >= 11 is 0. The van der Waals surface area contributed by atoms with Crippen LogP contribution < -0.4 is 4.74 Å². The topological polar surface area (TPSA) is 52.6 Å². The van der Waals surface area contributed by atoms with Crippen LogP contribution in [0.1, 0.15) is 5.56 Å². The Labute approximate surface area is 141 Å². The van der Waals surface area contributed by atoms with Gasteiger partial charge in [0.05, 0.1) is 6.61 Å². The van der Waals surface area contributed by atoms with Crippen LogP contribution in [0.3, 0.4) is 0 Å². The molecule has 4 nitrogen and oxygen atoms in total. The number of rotatable bonds is 7. The number of benzene rings is 2. The van der Waals surface area contributed by atoms with Crippen molar-refractivity contribution in [3.05, 3.63) is 79.4 Å². The fourth-order valence-electron chi connectivity index (χ4n) is 2.07. The zero-order valence-corrected chi connectivity index (χ0v) is 13.2. The molecule has 2 aromatic rings. The molecule has 0 amide bonds. The molecule has 0 heterocycles. The highest BCUT2D eigenvalue weighted by Crippen LogP contribution is 2.23. The summed E-state index contributed by atoms with van der Waals surface area (Å²) in [5.41, 5.74) is 3.13. The van der Waals surface area contributed by atoms with Crippen LogP contribution in [0.5, 0.6) is 5.75 Å². The molecule has 0 saturated heterocycles. The van der Waals surface area contributed by atoms with E-state index < -0.39 is 11.9 Å².